The van der Waals surface area contributed by atoms with Crippen LogP contribution in [0, 0.1) is 5.92 Å². The highest BCUT2D eigenvalue weighted by atomic mass is 16.5. The molecule has 1 N–H and O–H groups in total. The Morgan fingerprint density at radius 2 is 2.00 bits per heavy atom. The van der Waals surface area contributed by atoms with E-state index in [9.17, 15) is 4.79 Å². The summed E-state index contributed by atoms with van der Waals surface area (Å²) in [4.78, 5) is 20.4. The zero-order chi connectivity index (χ0) is 13.8. The quantitative estimate of drug-likeness (QED) is 0.791. The smallest absolute Gasteiger partial charge is 0.260 e. The zero-order valence-corrected chi connectivity index (χ0v) is 11.3. The van der Waals surface area contributed by atoms with Gasteiger partial charge in [0, 0.05) is 6.08 Å². The van der Waals surface area contributed by atoms with Crippen LogP contribution in [-0.4, -0.2) is 44.8 Å². The highest BCUT2D eigenvalue weighted by Gasteiger charge is 2.31. The number of amides is 1. The number of fused-ring (bicyclic) bond motifs is 1. The molecule has 6 heteroatoms. The van der Waals surface area contributed by atoms with Crippen molar-refractivity contribution in [2.45, 2.75) is 6.92 Å². The van der Waals surface area contributed by atoms with Gasteiger partial charge in [-0.1, -0.05) is 6.92 Å². The third-order valence-electron chi connectivity index (χ3n) is 2.89. The highest BCUT2D eigenvalue weighted by molar-refractivity contribution is 6.21. The lowest BCUT2D eigenvalue weighted by Crippen LogP contribution is -2.33. The summed E-state index contributed by atoms with van der Waals surface area (Å²) in [6, 6.07) is 0. The Morgan fingerprint density at radius 1 is 1.26 bits per heavy atom. The molecule has 2 rings (SSSR count). The first-order chi connectivity index (χ1) is 9.19. The van der Waals surface area contributed by atoms with E-state index in [0.29, 0.717) is 29.6 Å². The molecule has 6 nitrogen and oxygen atoms in total. The second-order valence-corrected chi connectivity index (χ2v) is 4.11. The van der Waals surface area contributed by atoms with E-state index in [0.717, 1.165) is 6.54 Å². The molecule has 19 heavy (non-hydrogen) atoms. The molecule has 0 radical (unpaired) electrons. The second-order valence-electron chi connectivity index (χ2n) is 4.11. The number of hydrogen-bond donors (Lipinski definition) is 1. The Hall–Kier alpha value is -1.95. The van der Waals surface area contributed by atoms with E-state index in [-0.39, 0.29) is 5.91 Å². The van der Waals surface area contributed by atoms with Crippen LogP contribution in [0.3, 0.4) is 0 Å². The molecule has 0 fully saturated rings. The summed E-state index contributed by atoms with van der Waals surface area (Å²) < 4.78 is 10.4. The van der Waals surface area contributed by atoms with Crippen LogP contribution in [0.2, 0.25) is 0 Å². The minimum atomic E-state index is -0.473. The monoisotopic (exact) mass is 263 g/mol. The summed E-state index contributed by atoms with van der Waals surface area (Å²) >= 11 is 0. The van der Waals surface area contributed by atoms with E-state index < -0.39 is 5.92 Å². The number of likely N-dealkylation sites (N-methyl/N-ethyl adjacent to an activating group) is 1. The van der Waals surface area contributed by atoms with Crippen molar-refractivity contribution in [3.63, 3.8) is 0 Å². The number of nitrogens with zero attached hydrogens (tertiary/aromatic N) is 2. The summed E-state index contributed by atoms with van der Waals surface area (Å²) in [7, 11) is 3.09. The Morgan fingerprint density at radius 3 is 2.63 bits per heavy atom. The molecule has 0 bridgehead atoms. The minimum Gasteiger partial charge on any atom is -0.493 e. The van der Waals surface area contributed by atoms with Crippen molar-refractivity contribution < 1.29 is 14.3 Å². The maximum atomic E-state index is 12.0. The number of methoxy groups -OCH3 is 2. The lowest BCUT2D eigenvalue weighted by Gasteiger charge is -2.22. The van der Waals surface area contributed by atoms with Gasteiger partial charge in [-0.05, 0) is 12.6 Å². The third kappa shape index (κ3) is 2.73. The number of rotatable bonds is 5. The molecular formula is C13H17N3O3. The molecular weight excluding hydrogens is 246 g/mol. The number of allylic oxidation sites excluding steroid dienone is 1. The van der Waals surface area contributed by atoms with Crippen LogP contribution in [0.4, 0.5) is 0 Å². The van der Waals surface area contributed by atoms with E-state index in [1.54, 1.807) is 19.3 Å². The predicted octanol–water partition coefficient (Wildman–Crippen LogP) is 0.666. The number of aliphatic imine (C=N–C) groups is 2. The van der Waals surface area contributed by atoms with E-state index in [2.05, 4.69) is 15.3 Å². The molecule has 0 aromatic heterocycles. The average molecular weight is 263 g/mol. The lowest BCUT2D eigenvalue weighted by molar-refractivity contribution is -0.118. The summed E-state index contributed by atoms with van der Waals surface area (Å²) in [5.41, 5.74) is 0.644. The number of hydrogen-bond acceptors (Lipinski definition) is 5. The van der Waals surface area contributed by atoms with Crippen LogP contribution in [-0.2, 0) is 14.3 Å². The standard InChI is InChI=1S/C13H17N3O3/c1-4-14-7-12-15-9-6-11(19-3)10(18-2)5-8(9)13(17)16-12/h5-6,8,14H,4,7H2,1-3H3. The lowest BCUT2D eigenvalue weighted by atomic mass is 9.94. The molecule has 0 aromatic rings. The Kier molecular flexibility index (Phi) is 4.11. The van der Waals surface area contributed by atoms with Gasteiger partial charge in [-0.15, -0.1) is 0 Å². The van der Waals surface area contributed by atoms with Crippen LogP contribution in [0.25, 0.3) is 0 Å². The normalized spacial score (nSPS) is 21.8. The van der Waals surface area contributed by atoms with Crippen molar-refractivity contribution in [1.29, 1.82) is 0 Å². The fraction of sp³-hybridized carbons (Fsp3) is 0.462. The molecule has 0 saturated carbocycles. The van der Waals surface area contributed by atoms with Gasteiger partial charge in [0.05, 0.1) is 26.5 Å². The van der Waals surface area contributed by atoms with Gasteiger partial charge < -0.3 is 14.8 Å². The number of carbonyl (C=O) groups excluding carboxylic acids is 1. The number of ether oxygens (including phenoxy) is 2. The molecule has 1 amide bonds. The van der Waals surface area contributed by atoms with Gasteiger partial charge in [0.15, 0.2) is 11.5 Å². The molecule has 102 valence electrons. The molecule has 1 aliphatic carbocycles. The molecule has 1 aliphatic heterocycles. The number of nitrogens with one attached hydrogen (secondary N) is 1. The topological polar surface area (TPSA) is 72.3 Å². The van der Waals surface area contributed by atoms with Gasteiger partial charge in [0.2, 0.25) is 0 Å². The minimum absolute atomic E-state index is 0.223. The van der Waals surface area contributed by atoms with E-state index in [4.69, 9.17) is 9.47 Å². The van der Waals surface area contributed by atoms with Gasteiger partial charge in [0.25, 0.3) is 5.91 Å². The maximum absolute atomic E-state index is 12.0. The number of amidine groups is 1. The van der Waals surface area contributed by atoms with Crippen molar-refractivity contribution in [1.82, 2.24) is 5.32 Å². The molecule has 2 aliphatic rings. The zero-order valence-electron chi connectivity index (χ0n) is 11.3. The molecule has 1 unspecified atom stereocenters. The fourth-order valence-corrected chi connectivity index (χ4v) is 1.93. The Balaban J connectivity index is 2.29. The summed E-state index contributed by atoms with van der Waals surface area (Å²) in [6.07, 6.45) is 3.41. The van der Waals surface area contributed by atoms with Crippen LogP contribution >= 0.6 is 0 Å². The van der Waals surface area contributed by atoms with Gasteiger partial charge in [-0.2, -0.15) is 4.99 Å². The molecule has 0 spiro atoms. The molecule has 0 saturated heterocycles. The van der Waals surface area contributed by atoms with Gasteiger partial charge in [0.1, 0.15) is 11.8 Å². The maximum Gasteiger partial charge on any atom is 0.260 e. The van der Waals surface area contributed by atoms with Crippen molar-refractivity contribution in [2.75, 3.05) is 27.3 Å². The van der Waals surface area contributed by atoms with Crippen LogP contribution in [0.15, 0.2) is 33.7 Å². The van der Waals surface area contributed by atoms with Gasteiger partial charge in [-0.25, -0.2) is 4.99 Å². The molecule has 1 atom stereocenters. The SMILES string of the molecule is CCNCC1=NC(=O)C2C=C(OC)C(OC)=CC2=N1. The van der Waals surface area contributed by atoms with E-state index in [1.165, 1.54) is 7.11 Å². The van der Waals surface area contributed by atoms with Crippen molar-refractivity contribution in [3.05, 3.63) is 23.7 Å². The summed E-state index contributed by atoms with van der Waals surface area (Å²) in [5.74, 6) is 0.900. The summed E-state index contributed by atoms with van der Waals surface area (Å²) in [5, 5.41) is 3.10. The number of carbonyl (C=O) groups is 1. The van der Waals surface area contributed by atoms with E-state index >= 15 is 0 Å². The fourth-order valence-electron chi connectivity index (χ4n) is 1.93. The highest BCUT2D eigenvalue weighted by Crippen LogP contribution is 2.25. The van der Waals surface area contributed by atoms with Crippen LogP contribution < -0.4 is 5.32 Å². The van der Waals surface area contributed by atoms with Gasteiger partial charge in [-0.3, -0.25) is 4.79 Å². The van der Waals surface area contributed by atoms with E-state index in [1.807, 2.05) is 6.92 Å². The second kappa shape index (κ2) is 5.79. The third-order valence-corrected chi connectivity index (χ3v) is 2.89. The summed E-state index contributed by atoms with van der Waals surface area (Å²) in [6.45, 7) is 3.27. The molecule has 0 aromatic carbocycles. The predicted molar refractivity (Wildman–Crippen MR) is 72.1 cm³/mol. The van der Waals surface area contributed by atoms with Crippen molar-refractivity contribution >= 4 is 17.5 Å². The first-order valence-electron chi connectivity index (χ1n) is 6.12. The largest absolute Gasteiger partial charge is 0.493 e. The van der Waals surface area contributed by atoms with Crippen LogP contribution in [0.1, 0.15) is 6.92 Å². The molecule has 1 heterocycles. The van der Waals surface area contributed by atoms with Crippen molar-refractivity contribution in [3.8, 4) is 0 Å². The first kappa shape index (κ1) is 13.5. The van der Waals surface area contributed by atoms with Gasteiger partial charge >= 0.3 is 0 Å². The Labute approximate surface area is 111 Å². The van der Waals surface area contributed by atoms with Crippen molar-refractivity contribution in [2.24, 2.45) is 15.9 Å². The average Bonchev–Trinajstić information content (AvgIpc) is 2.43. The first-order valence-corrected chi connectivity index (χ1v) is 6.12. The van der Waals surface area contributed by atoms with Crippen LogP contribution in [0.5, 0.6) is 0 Å². The Bertz CT molecular complexity index is 503.